The van der Waals surface area contributed by atoms with Gasteiger partial charge in [-0.05, 0) is 24.3 Å². The Balaban J connectivity index is 1.71. The number of hydrogen-bond donors (Lipinski definition) is 0. The van der Waals surface area contributed by atoms with E-state index in [-0.39, 0.29) is 0 Å². The minimum atomic E-state index is 0.908. The van der Waals surface area contributed by atoms with E-state index in [9.17, 15) is 0 Å². The molecule has 0 saturated heterocycles. The highest BCUT2D eigenvalue weighted by Crippen LogP contribution is 2.36. The van der Waals surface area contributed by atoms with Crippen molar-refractivity contribution >= 4 is 10.9 Å². The molecule has 3 nitrogen and oxygen atoms in total. The third-order valence-electron chi connectivity index (χ3n) is 4.19. The molecule has 21 heavy (non-hydrogen) atoms. The maximum absolute atomic E-state index is 4.79. The molecule has 4 aromatic rings. The van der Waals surface area contributed by atoms with Crippen LogP contribution in [0.4, 0.5) is 0 Å². The summed E-state index contributed by atoms with van der Waals surface area (Å²) >= 11 is 0. The van der Waals surface area contributed by atoms with Crippen molar-refractivity contribution in [3.05, 3.63) is 72.4 Å². The Labute approximate surface area is 122 Å². The van der Waals surface area contributed by atoms with E-state index in [0.29, 0.717) is 0 Å². The van der Waals surface area contributed by atoms with Gasteiger partial charge in [-0.2, -0.15) is 5.10 Å². The largest absolute Gasteiger partial charge is 0.335 e. The van der Waals surface area contributed by atoms with Crippen LogP contribution in [-0.2, 0) is 6.54 Å². The number of hydrogen-bond acceptors (Lipinski definition) is 1. The molecule has 0 spiro atoms. The molecule has 5 rings (SSSR count). The van der Waals surface area contributed by atoms with Crippen LogP contribution in [-0.4, -0.2) is 14.3 Å². The first kappa shape index (κ1) is 10.9. The van der Waals surface area contributed by atoms with E-state index in [4.69, 9.17) is 5.10 Å². The SMILES string of the molecule is c1ccc(-n2cc3c(n2)-c2cc4ccccc4n2C3)cc1. The number of benzene rings is 2. The van der Waals surface area contributed by atoms with Crippen molar-refractivity contribution < 1.29 is 0 Å². The molecule has 0 bridgehead atoms. The molecule has 100 valence electrons. The highest BCUT2D eigenvalue weighted by molar-refractivity contribution is 5.88. The van der Waals surface area contributed by atoms with E-state index < -0.39 is 0 Å². The van der Waals surface area contributed by atoms with Crippen LogP contribution in [0, 0.1) is 0 Å². The molecule has 1 aliphatic rings. The minimum absolute atomic E-state index is 0.908. The first-order valence-corrected chi connectivity index (χ1v) is 7.13. The lowest BCUT2D eigenvalue weighted by Gasteiger charge is -2.03. The predicted octanol–water partition coefficient (Wildman–Crippen LogP) is 3.86. The van der Waals surface area contributed by atoms with Crippen LogP contribution >= 0.6 is 0 Å². The van der Waals surface area contributed by atoms with Gasteiger partial charge in [-0.25, -0.2) is 4.68 Å². The average Bonchev–Trinajstić information content (AvgIpc) is 3.17. The number of aromatic nitrogens is 3. The van der Waals surface area contributed by atoms with Crippen LogP contribution in [0.15, 0.2) is 66.9 Å². The summed E-state index contributed by atoms with van der Waals surface area (Å²) in [5, 5.41) is 6.08. The fourth-order valence-electron chi connectivity index (χ4n) is 3.20. The maximum Gasteiger partial charge on any atom is 0.114 e. The van der Waals surface area contributed by atoms with Crippen LogP contribution in [0.5, 0.6) is 0 Å². The van der Waals surface area contributed by atoms with Crippen LogP contribution in [0.2, 0.25) is 0 Å². The molecule has 2 aromatic heterocycles. The predicted molar refractivity (Wildman–Crippen MR) is 83.6 cm³/mol. The van der Waals surface area contributed by atoms with Crippen molar-refractivity contribution in [2.45, 2.75) is 6.54 Å². The number of nitrogens with zero attached hydrogens (tertiary/aromatic N) is 3. The summed E-state index contributed by atoms with van der Waals surface area (Å²) in [6.07, 6.45) is 2.15. The highest BCUT2D eigenvalue weighted by Gasteiger charge is 2.24. The van der Waals surface area contributed by atoms with Gasteiger partial charge < -0.3 is 4.57 Å². The summed E-state index contributed by atoms with van der Waals surface area (Å²) in [5.74, 6) is 0. The molecule has 2 aromatic carbocycles. The molecule has 1 aliphatic heterocycles. The van der Waals surface area contributed by atoms with Gasteiger partial charge in [0.1, 0.15) is 5.69 Å². The minimum Gasteiger partial charge on any atom is -0.335 e. The zero-order valence-corrected chi connectivity index (χ0v) is 11.4. The molecule has 0 unspecified atom stereocenters. The zero-order chi connectivity index (χ0) is 13.8. The summed E-state index contributed by atoms with van der Waals surface area (Å²) in [4.78, 5) is 0. The zero-order valence-electron chi connectivity index (χ0n) is 11.4. The smallest absolute Gasteiger partial charge is 0.114 e. The van der Waals surface area contributed by atoms with E-state index in [0.717, 1.165) is 17.9 Å². The van der Waals surface area contributed by atoms with Gasteiger partial charge in [0.15, 0.2) is 0 Å². The van der Waals surface area contributed by atoms with E-state index >= 15 is 0 Å². The van der Waals surface area contributed by atoms with Crippen LogP contribution < -0.4 is 0 Å². The van der Waals surface area contributed by atoms with Crippen LogP contribution in [0.1, 0.15) is 5.56 Å². The Morgan fingerprint density at radius 3 is 2.62 bits per heavy atom. The molecule has 3 heterocycles. The normalized spacial score (nSPS) is 12.6. The topological polar surface area (TPSA) is 22.8 Å². The fourth-order valence-corrected chi connectivity index (χ4v) is 3.20. The highest BCUT2D eigenvalue weighted by atomic mass is 15.3. The van der Waals surface area contributed by atoms with Gasteiger partial charge in [0, 0.05) is 22.7 Å². The van der Waals surface area contributed by atoms with Gasteiger partial charge in [-0.1, -0.05) is 36.4 Å². The second kappa shape index (κ2) is 3.85. The molecular formula is C18H13N3. The summed E-state index contributed by atoms with van der Waals surface area (Å²) in [5.41, 5.74) is 6.02. The summed E-state index contributed by atoms with van der Waals surface area (Å²) in [7, 11) is 0. The lowest BCUT2D eigenvalue weighted by Crippen LogP contribution is -1.97. The fraction of sp³-hybridized carbons (Fsp3) is 0.0556. The van der Waals surface area contributed by atoms with Gasteiger partial charge in [0.05, 0.1) is 17.9 Å². The second-order valence-corrected chi connectivity index (χ2v) is 5.46. The Bertz CT molecular complexity index is 961. The Hall–Kier alpha value is -2.81. The van der Waals surface area contributed by atoms with Gasteiger partial charge in [0.2, 0.25) is 0 Å². The molecule has 0 radical (unpaired) electrons. The first-order chi connectivity index (χ1) is 10.4. The van der Waals surface area contributed by atoms with Crippen molar-refractivity contribution in [1.82, 2.24) is 14.3 Å². The standard InChI is InChI=1S/C18H13N3/c1-2-7-15(8-3-1)21-12-14-11-20-16-9-5-4-6-13(16)10-17(20)18(14)19-21/h1-10,12H,11H2. The van der Waals surface area contributed by atoms with Gasteiger partial charge in [-0.3, -0.25) is 0 Å². The third kappa shape index (κ3) is 1.46. The summed E-state index contributed by atoms with van der Waals surface area (Å²) in [6.45, 7) is 0.908. The van der Waals surface area contributed by atoms with Gasteiger partial charge in [0.25, 0.3) is 0 Å². The molecule has 0 aliphatic carbocycles. The Morgan fingerprint density at radius 1 is 0.905 bits per heavy atom. The number of rotatable bonds is 1. The maximum atomic E-state index is 4.79. The molecule has 0 N–H and O–H groups in total. The monoisotopic (exact) mass is 271 g/mol. The van der Waals surface area contributed by atoms with Gasteiger partial charge in [-0.15, -0.1) is 0 Å². The lowest BCUT2D eigenvalue weighted by atomic mass is 10.2. The van der Waals surface area contributed by atoms with Crippen molar-refractivity contribution in [3.8, 4) is 17.1 Å². The van der Waals surface area contributed by atoms with E-state index in [1.54, 1.807) is 0 Å². The molecule has 0 saturated carbocycles. The first-order valence-electron chi connectivity index (χ1n) is 7.13. The second-order valence-electron chi connectivity index (χ2n) is 5.46. The van der Waals surface area contributed by atoms with Crippen LogP contribution in [0.3, 0.4) is 0 Å². The third-order valence-corrected chi connectivity index (χ3v) is 4.19. The summed E-state index contributed by atoms with van der Waals surface area (Å²) in [6, 6.07) is 21.0. The van der Waals surface area contributed by atoms with Crippen molar-refractivity contribution in [2.24, 2.45) is 0 Å². The Morgan fingerprint density at radius 2 is 1.71 bits per heavy atom. The van der Waals surface area contributed by atoms with E-state index in [1.807, 2.05) is 22.9 Å². The lowest BCUT2D eigenvalue weighted by molar-refractivity contribution is 0.841. The molecule has 0 amide bonds. The van der Waals surface area contributed by atoms with Crippen molar-refractivity contribution in [2.75, 3.05) is 0 Å². The molecule has 0 fully saturated rings. The molecule has 0 atom stereocenters. The van der Waals surface area contributed by atoms with Crippen LogP contribution in [0.25, 0.3) is 28.0 Å². The number of para-hydroxylation sites is 2. The molecular weight excluding hydrogens is 258 g/mol. The number of fused-ring (bicyclic) bond motifs is 5. The van der Waals surface area contributed by atoms with Gasteiger partial charge >= 0.3 is 0 Å². The average molecular weight is 271 g/mol. The van der Waals surface area contributed by atoms with Crippen molar-refractivity contribution in [3.63, 3.8) is 0 Å². The summed E-state index contributed by atoms with van der Waals surface area (Å²) < 4.78 is 4.33. The Kier molecular flexibility index (Phi) is 2.00. The van der Waals surface area contributed by atoms with E-state index in [2.05, 4.69) is 53.2 Å². The quantitative estimate of drug-likeness (QED) is 0.454. The molecule has 3 heteroatoms. The van der Waals surface area contributed by atoms with Crippen molar-refractivity contribution in [1.29, 1.82) is 0 Å². The van der Waals surface area contributed by atoms with E-state index in [1.165, 1.54) is 22.2 Å².